The minimum Gasteiger partial charge on any atom is -0.492 e. The Kier molecular flexibility index (Phi) is 5.96. The quantitative estimate of drug-likeness (QED) is 0.845. The van der Waals surface area contributed by atoms with E-state index in [1.54, 1.807) is 18.2 Å². The fourth-order valence-electron chi connectivity index (χ4n) is 1.27. The average Bonchev–Trinajstić information content (AvgIpc) is 2.25. The molecule has 0 heterocycles. The summed E-state index contributed by atoms with van der Waals surface area (Å²) in [6.45, 7) is 6.79. The van der Waals surface area contributed by atoms with Gasteiger partial charge in [-0.2, -0.15) is 0 Å². The first-order chi connectivity index (χ1) is 7.63. The summed E-state index contributed by atoms with van der Waals surface area (Å²) in [5.41, 5.74) is 0. The Morgan fingerprint density at radius 2 is 2.12 bits per heavy atom. The molecule has 1 N–H and O–H groups in total. The molecule has 16 heavy (non-hydrogen) atoms. The molecule has 1 atom stereocenters. The summed E-state index contributed by atoms with van der Waals surface area (Å²) in [7, 11) is 0. The minimum absolute atomic E-state index is 0.451. The normalized spacial score (nSPS) is 12.5. The van der Waals surface area contributed by atoms with Gasteiger partial charge in [0.15, 0.2) is 0 Å². The molecule has 1 rings (SSSR count). The number of ether oxygens (including phenoxy) is 1. The van der Waals surface area contributed by atoms with E-state index in [2.05, 4.69) is 19.2 Å². The molecule has 0 aliphatic heterocycles. The lowest BCUT2D eigenvalue weighted by Crippen LogP contribution is -2.24. The van der Waals surface area contributed by atoms with Crippen molar-refractivity contribution in [3.8, 4) is 5.75 Å². The second kappa shape index (κ2) is 7.00. The third kappa shape index (κ3) is 4.60. The van der Waals surface area contributed by atoms with E-state index < -0.39 is 0 Å². The standard InChI is InChI=1S/C12H17Cl2NO/c1-3-15-7-9(2)8-16-12-5-4-10(13)6-11(12)14/h4-6,9,15H,3,7-8H2,1-2H3. The third-order valence-corrected chi connectivity index (χ3v) is 2.69. The number of hydrogen-bond acceptors (Lipinski definition) is 2. The molecule has 0 bridgehead atoms. The molecule has 0 radical (unpaired) electrons. The summed E-state index contributed by atoms with van der Waals surface area (Å²) < 4.78 is 5.62. The van der Waals surface area contributed by atoms with E-state index in [1.807, 2.05) is 0 Å². The summed E-state index contributed by atoms with van der Waals surface area (Å²) in [6, 6.07) is 5.26. The van der Waals surface area contributed by atoms with Crippen molar-refractivity contribution in [2.75, 3.05) is 19.7 Å². The Morgan fingerprint density at radius 1 is 1.38 bits per heavy atom. The Bertz CT molecular complexity index is 331. The molecule has 0 saturated heterocycles. The van der Waals surface area contributed by atoms with Crippen molar-refractivity contribution in [2.24, 2.45) is 5.92 Å². The number of halogens is 2. The predicted molar refractivity (Wildman–Crippen MR) is 69.7 cm³/mol. The van der Waals surface area contributed by atoms with Crippen molar-refractivity contribution in [2.45, 2.75) is 13.8 Å². The summed E-state index contributed by atoms with van der Waals surface area (Å²) in [6.07, 6.45) is 0. The van der Waals surface area contributed by atoms with Gasteiger partial charge in [0, 0.05) is 17.5 Å². The summed E-state index contributed by atoms with van der Waals surface area (Å²) >= 11 is 11.8. The van der Waals surface area contributed by atoms with E-state index in [0.29, 0.717) is 28.3 Å². The molecule has 2 nitrogen and oxygen atoms in total. The van der Waals surface area contributed by atoms with Gasteiger partial charge in [0.05, 0.1) is 11.6 Å². The summed E-state index contributed by atoms with van der Waals surface area (Å²) in [4.78, 5) is 0. The molecule has 0 spiro atoms. The molecule has 0 saturated carbocycles. The molecule has 0 fully saturated rings. The van der Waals surface area contributed by atoms with Gasteiger partial charge in [-0.3, -0.25) is 0 Å². The minimum atomic E-state index is 0.451. The van der Waals surface area contributed by atoms with Crippen molar-refractivity contribution in [1.29, 1.82) is 0 Å². The SMILES string of the molecule is CCNCC(C)COc1ccc(Cl)cc1Cl. The zero-order valence-electron chi connectivity index (χ0n) is 9.59. The van der Waals surface area contributed by atoms with Crippen LogP contribution in [-0.4, -0.2) is 19.7 Å². The highest BCUT2D eigenvalue weighted by molar-refractivity contribution is 6.35. The van der Waals surface area contributed by atoms with Crippen LogP contribution in [0.4, 0.5) is 0 Å². The molecule has 0 aliphatic rings. The molecule has 4 heteroatoms. The highest BCUT2D eigenvalue weighted by atomic mass is 35.5. The third-order valence-electron chi connectivity index (χ3n) is 2.16. The maximum Gasteiger partial charge on any atom is 0.137 e. The van der Waals surface area contributed by atoms with Gasteiger partial charge < -0.3 is 10.1 Å². The Morgan fingerprint density at radius 3 is 2.75 bits per heavy atom. The summed E-state index contributed by atoms with van der Waals surface area (Å²) in [5, 5.41) is 4.46. The number of nitrogens with one attached hydrogen (secondary N) is 1. The van der Waals surface area contributed by atoms with Crippen LogP contribution in [0.1, 0.15) is 13.8 Å². The van der Waals surface area contributed by atoms with Crippen molar-refractivity contribution >= 4 is 23.2 Å². The zero-order valence-corrected chi connectivity index (χ0v) is 11.1. The molecule has 0 amide bonds. The van der Waals surface area contributed by atoms with E-state index in [0.717, 1.165) is 13.1 Å². The summed E-state index contributed by atoms with van der Waals surface area (Å²) in [5.74, 6) is 1.14. The van der Waals surface area contributed by atoms with Gasteiger partial charge in [0.2, 0.25) is 0 Å². The average molecular weight is 262 g/mol. The van der Waals surface area contributed by atoms with Crippen LogP contribution in [0.15, 0.2) is 18.2 Å². The van der Waals surface area contributed by atoms with Crippen molar-refractivity contribution in [3.63, 3.8) is 0 Å². The van der Waals surface area contributed by atoms with Crippen LogP contribution >= 0.6 is 23.2 Å². The monoisotopic (exact) mass is 261 g/mol. The first kappa shape index (κ1) is 13.6. The second-order valence-corrected chi connectivity index (χ2v) is 4.64. The molecular weight excluding hydrogens is 245 g/mol. The lowest BCUT2D eigenvalue weighted by Gasteiger charge is -2.14. The van der Waals surface area contributed by atoms with Crippen LogP contribution < -0.4 is 10.1 Å². The molecule has 1 aromatic carbocycles. The first-order valence-electron chi connectivity index (χ1n) is 5.42. The smallest absolute Gasteiger partial charge is 0.137 e. The Hall–Kier alpha value is -0.440. The highest BCUT2D eigenvalue weighted by Crippen LogP contribution is 2.27. The van der Waals surface area contributed by atoms with E-state index >= 15 is 0 Å². The van der Waals surface area contributed by atoms with Gasteiger partial charge >= 0.3 is 0 Å². The first-order valence-corrected chi connectivity index (χ1v) is 6.17. The molecule has 0 aromatic heterocycles. The number of benzene rings is 1. The van der Waals surface area contributed by atoms with Crippen LogP contribution in [0.5, 0.6) is 5.75 Å². The lowest BCUT2D eigenvalue weighted by atomic mass is 10.2. The van der Waals surface area contributed by atoms with Gasteiger partial charge in [0.25, 0.3) is 0 Å². The van der Waals surface area contributed by atoms with Gasteiger partial charge in [-0.25, -0.2) is 0 Å². The molecule has 1 unspecified atom stereocenters. The molecular formula is C12H17Cl2NO. The fraction of sp³-hybridized carbons (Fsp3) is 0.500. The van der Waals surface area contributed by atoms with Gasteiger partial charge in [-0.05, 0) is 24.7 Å². The van der Waals surface area contributed by atoms with E-state index in [1.165, 1.54) is 0 Å². The van der Waals surface area contributed by atoms with Gasteiger partial charge in [-0.1, -0.05) is 37.0 Å². The van der Waals surface area contributed by atoms with E-state index in [9.17, 15) is 0 Å². The Labute approximate surface area is 107 Å². The topological polar surface area (TPSA) is 21.3 Å². The second-order valence-electron chi connectivity index (χ2n) is 3.80. The van der Waals surface area contributed by atoms with Crippen LogP contribution in [0.3, 0.4) is 0 Å². The van der Waals surface area contributed by atoms with Crippen molar-refractivity contribution < 1.29 is 4.74 Å². The highest BCUT2D eigenvalue weighted by Gasteiger charge is 2.05. The van der Waals surface area contributed by atoms with Crippen LogP contribution in [0.2, 0.25) is 10.0 Å². The molecule has 1 aromatic rings. The van der Waals surface area contributed by atoms with E-state index in [-0.39, 0.29) is 0 Å². The van der Waals surface area contributed by atoms with Crippen LogP contribution in [-0.2, 0) is 0 Å². The zero-order chi connectivity index (χ0) is 12.0. The maximum absolute atomic E-state index is 5.99. The van der Waals surface area contributed by atoms with Gasteiger partial charge in [0.1, 0.15) is 5.75 Å². The van der Waals surface area contributed by atoms with E-state index in [4.69, 9.17) is 27.9 Å². The lowest BCUT2D eigenvalue weighted by molar-refractivity contribution is 0.256. The number of hydrogen-bond donors (Lipinski definition) is 1. The van der Waals surface area contributed by atoms with Crippen molar-refractivity contribution in [3.05, 3.63) is 28.2 Å². The maximum atomic E-state index is 5.99. The Balaban J connectivity index is 2.42. The number of rotatable bonds is 6. The predicted octanol–water partition coefficient (Wildman–Crippen LogP) is 3.62. The van der Waals surface area contributed by atoms with Crippen molar-refractivity contribution in [1.82, 2.24) is 5.32 Å². The molecule has 90 valence electrons. The largest absolute Gasteiger partial charge is 0.492 e. The van der Waals surface area contributed by atoms with Gasteiger partial charge in [-0.15, -0.1) is 0 Å². The van der Waals surface area contributed by atoms with Crippen LogP contribution in [0.25, 0.3) is 0 Å². The fourth-order valence-corrected chi connectivity index (χ4v) is 1.74. The molecule has 0 aliphatic carbocycles. The van der Waals surface area contributed by atoms with Crippen LogP contribution in [0, 0.1) is 5.92 Å².